The summed E-state index contributed by atoms with van der Waals surface area (Å²) in [5.74, 6) is 1.68. The van der Waals surface area contributed by atoms with Crippen LogP contribution in [0, 0.1) is 11.8 Å². The molecule has 0 bridgehead atoms. The fourth-order valence-corrected chi connectivity index (χ4v) is 1.10. The third kappa shape index (κ3) is 3.71. The van der Waals surface area contributed by atoms with Crippen molar-refractivity contribution >= 4 is 0 Å². The molecule has 0 heteroatoms. The van der Waals surface area contributed by atoms with Crippen molar-refractivity contribution in [2.24, 2.45) is 11.8 Å². The van der Waals surface area contributed by atoms with Gasteiger partial charge in [0, 0.05) is 0 Å². The van der Waals surface area contributed by atoms with Crippen LogP contribution in [0.15, 0.2) is 12.2 Å². The van der Waals surface area contributed by atoms with Crippen molar-refractivity contribution in [1.82, 2.24) is 0 Å². The van der Waals surface area contributed by atoms with Gasteiger partial charge in [0.25, 0.3) is 0 Å². The third-order valence-corrected chi connectivity index (χ3v) is 1.85. The summed E-state index contributed by atoms with van der Waals surface area (Å²) in [7, 11) is 0. The minimum absolute atomic E-state index is 0.839. The van der Waals surface area contributed by atoms with Crippen molar-refractivity contribution in [3.8, 4) is 0 Å². The van der Waals surface area contributed by atoms with Crippen molar-refractivity contribution in [3.05, 3.63) is 12.2 Å². The van der Waals surface area contributed by atoms with Gasteiger partial charge in [-0.2, -0.15) is 0 Å². The van der Waals surface area contributed by atoms with Gasteiger partial charge < -0.3 is 0 Å². The summed E-state index contributed by atoms with van der Waals surface area (Å²) in [6.45, 7) is 8.56. The number of rotatable bonds is 0. The van der Waals surface area contributed by atoms with Gasteiger partial charge in [-0.3, -0.25) is 0 Å². The molecule has 10 heavy (non-hydrogen) atoms. The van der Waals surface area contributed by atoms with E-state index in [0.29, 0.717) is 0 Å². The summed E-state index contributed by atoms with van der Waals surface area (Å²) in [5, 5.41) is 0. The molecule has 0 saturated carbocycles. The van der Waals surface area contributed by atoms with Crippen LogP contribution in [0.25, 0.3) is 0 Å². The lowest BCUT2D eigenvalue weighted by Gasteiger charge is -2.15. The summed E-state index contributed by atoms with van der Waals surface area (Å²) in [5.41, 5.74) is 0. The van der Waals surface area contributed by atoms with E-state index >= 15 is 0 Å². The Morgan fingerprint density at radius 3 is 1.40 bits per heavy atom. The van der Waals surface area contributed by atoms with Gasteiger partial charge in [0.2, 0.25) is 0 Å². The lowest BCUT2D eigenvalue weighted by Crippen LogP contribution is -2.01. The van der Waals surface area contributed by atoms with Crippen molar-refractivity contribution in [3.63, 3.8) is 0 Å². The standard InChI is InChI=1S/C8H14.C2H6/c1-7-3-5-8(2)6-4-7;1-2/h3,5,7-8H,4,6H2,1-2H3;1-2H3. The molecule has 0 N–H and O–H groups in total. The topological polar surface area (TPSA) is 0 Å². The zero-order valence-electron chi connectivity index (χ0n) is 7.72. The first kappa shape index (κ1) is 9.74. The van der Waals surface area contributed by atoms with Gasteiger partial charge in [0.1, 0.15) is 0 Å². The van der Waals surface area contributed by atoms with Gasteiger partial charge in [-0.15, -0.1) is 0 Å². The van der Waals surface area contributed by atoms with Gasteiger partial charge >= 0.3 is 0 Å². The van der Waals surface area contributed by atoms with E-state index in [1.807, 2.05) is 13.8 Å². The zero-order chi connectivity index (χ0) is 7.98. The van der Waals surface area contributed by atoms with Gasteiger partial charge in [0.15, 0.2) is 0 Å². The van der Waals surface area contributed by atoms with Gasteiger partial charge in [-0.05, 0) is 24.7 Å². The maximum atomic E-state index is 2.33. The van der Waals surface area contributed by atoms with Crippen LogP contribution in [-0.2, 0) is 0 Å². The maximum Gasteiger partial charge on any atom is -0.0262 e. The van der Waals surface area contributed by atoms with Crippen molar-refractivity contribution < 1.29 is 0 Å². The Morgan fingerprint density at radius 2 is 1.20 bits per heavy atom. The molecule has 0 heterocycles. The maximum absolute atomic E-state index is 2.33. The molecule has 0 nitrogen and oxygen atoms in total. The summed E-state index contributed by atoms with van der Waals surface area (Å²) in [4.78, 5) is 0. The molecule has 2 atom stereocenters. The quantitative estimate of drug-likeness (QED) is 0.451. The number of allylic oxidation sites excluding steroid dienone is 2. The van der Waals surface area contributed by atoms with Crippen LogP contribution >= 0.6 is 0 Å². The summed E-state index contributed by atoms with van der Waals surface area (Å²) in [6.07, 6.45) is 7.43. The van der Waals surface area contributed by atoms with Crippen LogP contribution in [0.4, 0.5) is 0 Å². The lowest BCUT2D eigenvalue weighted by atomic mass is 9.91. The second kappa shape index (κ2) is 5.52. The Bertz CT molecular complexity index is 80.2. The molecule has 0 saturated heterocycles. The van der Waals surface area contributed by atoms with Crippen molar-refractivity contribution in [2.45, 2.75) is 40.5 Å². The smallest absolute Gasteiger partial charge is 0.0262 e. The molecule has 0 amide bonds. The predicted molar refractivity (Wildman–Crippen MR) is 48.1 cm³/mol. The Kier molecular flexibility index (Phi) is 5.38. The molecule has 0 aromatic heterocycles. The molecule has 0 spiro atoms. The molecule has 1 rings (SSSR count). The first-order valence-corrected chi connectivity index (χ1v) is 4.47. The third-order valence-electron chi connectivity index (χ3n) is 1.85. The van der Waals surface area contributed by atoms with Crippen molar-refractivity contribution in [2.75, 3.05) is 0 Å². The minimum Gasteiger partial charge on any atom is -0.0854 e. The van der Waals surface area contributed by atoms with Crippen LogP contribution in [0.5, 0.6) is 0 Å². The Balaban J connectivity index is 0.000000371. The fraction of sp³-hybridized carbons (Fsp3) is 0.800. The average Bonchev–Trinajstić information content (AvgIpc) is 2.00. The van der Waals surface area contributed by atoms with E-state index in [2.05, 4.69) is 26.0 Å². The largest absolute Gasteiger partial charge is 0.0854 e. The van der Waals surface area contributed by atoms with Crippen LogP contribution < -0.4 is 0 Å². The summed E-state index contributed by atoms with van der Waals surface area (Å²) >= 11 is 0. The van der Waals surface area contributed by atoms with E-state index in [-0.39, 0.29) is 0 Å². The first-order valence-electron chi connectivity index (χ1n) is 4.47. The molecule has 0 aromatic rings. The molecule has 60 valence electrons. The van der Waals surface area contributed by atoms with Crippen LogP contribution in [0.1, 0.15) is 40.5 Å². The SMILES string of the molecule is CC.CC1C=CC(C)CC1. The summed E-state index contributed by atoms with van der Waals surface area (Å²) in [6, 6.07) is 0. The van der Waals surface area contributed by atoms with Gasteiger partial charge in [0.05, 0.1) is 0 Å². The highest BCUT2D eigenvalue weighted by molar-refractivity contribution is 4.94. The van der Waals surface area contributed by atoms with E-state index in [1.54, 1.807) is 0 Å². The molecule has 0 aliphatic heterocycles. The van der Waals surface area contributed by atoms with Crippen molar-refractivity contribution in [1.29, 1.82) is 0 Å². The minimum atomic E-state index is 0.839. The molecular weight excluding hydrogens is 120 g/mol. The molecule has 0 radical (unpaired) electrons. The molecular formula is C10H20. The van der Waals surface area contributed by atoms with E-state index in [4.69, 9.17) is 0 Å². The van der Waals surface area contributed by atoms with E-state index < -0.39 is 0 Å². The molecule has 1 aliphatic carbocycles. The average molecular weight is 140 g/mol. The second-order valence-electron chi connectivity index (χ2n) is 2.92. The molecule has 0 fully saturated rings. The molecule has 1 aliphatic rings. The number of hydrogen-bond donors (Lipinski definition) is 0. The number of hydrogen-bond acceptors (Lipinski definition) is 0. The highest BCUT2D eigenvalue weighted by Gasteiger charge is 2.06. The van der Waals surface area contributed by atoms with Crippen LogP contribution in [0.2, 0.25) is 0 Å². The fourth-order valence-electron chi connectivity index (χ4n) is 1.10. The molecule has 0 aromatic carbocycles. The second-order valence-corrected chi connectivity index (χ2v) is 2.92. The zero-order valence-corrected chi connectivity index (χ0v) is 7.72. The van der Waals surface area contributed by atoms with E-state index in [9.17, 15) is 0 Å². The van der Waals surface area contributed by atoms with Crippen LogP contribution in [0.3, 0.4) is 0 Å². The normalized spacial score (nSPS) is 30.8. The summed E-state index contributed by atoms with van der Waals surface area (Å²) < 4.78 is 0. The van der Waals surface area contributed by atoms with Gasteiger partial charge in [-0.1, -0.05) is 39.8 Å². The Labute approximate surface area is 65.3 Å². The highest BCUT2D eigenvalue weighted by atomic mass is 14.1. The first-order chi connectivity index (χ1) is 4.79. The Morgan fingerprint density at radius 1 is 0.900 bits per heavy atom. The van der Waals surface area contributed by atoms with E-state index in [0.717, 1.165) is 11.8 Å². The van der Waals surface area contributed by atoms with Crippen LogP contribution in [-0.4, -0.2) is 0 Å². The van der Waals surface area contributed by atoms with E-state index in [1.165, 1.54) is 12.8 Å². The molecule has 2 unspecified atom stereocenters. The lowest BCUT2D eigenvalue weighted by molar-refractivity contribution is 0.502. The predicted octanol–water partition coefficient (Wildman–Crippen LogP) is 3.63. The Hall–Kier alpha value is -0.260. The highest BCUT2D eigenvalue weighted by Crippen LogP contribution is 2.20. The van der Waals surface area contributed by atoms with Gasteiger partial charge in [-0.25, -0.2) is 0 Å². The monoisotopic (exact) mass is 140 g/mol.